The molecule has 0 aromatic carbocycles. The maximum absolute atomic E-state index is 12.2. The van der Waals surface area contributed by atoms with E-state index < -0.39 is 11.7 Å². The van der Waals surface area contributed by atoms with Gasteiger partial charge < -0.3 is 0 Å². The fourth-order valence-electron chi connectivity index (χ4n) is 0.890. The molecular weight excluding hydrogens is 181 g/mol. The highest BCUT2D eigenvalue weighted by atomic mass is 19.4. The minimum atomic E-state index is -4.42. The van der Waals surface area contributed by atoms with Gasteiger partial charge in [0.05, 0.1) is 5.56 Å². The first kappa shape index (κ1) is 9.52. The molecular formula is C8H5F3N2. The van der Waals surface area contributed by atoms with Crippen LogP contribution in [0.1, 0.15) is 16.8 Å². The van der Waals surface area contributed by atoms with Crippen molar-refractivity contribution < 1.29 is 13.2 Å². The quantitative estimate of drug-likeness (QED) is 0.623. The third-order valence-corrected chi connectivity index (χ3v) is 1.52. The van der Waals surface area contributed by atoms with Crippen molar-refractivity contribution in [1.82, 2.24) is 4.98 Å². The Labute approximate surface area is 72.6 Å². The number of hydrogen-bond donors (Lipinski definition) is 0. The van der Waals surface area contributed by atoms with Crippen molar-refractivity contribution >= 4 is 0 Å². The number of alkyl halides is 3. The van der Waals surface area contributed by atoms with Crippen LogP contribution in [-0.2, 0) is 6.18 Å². The smallest absolute Gasteiger partial charge is 0.245 e. The molecule has 5 heteroatoms. The molecule has 0 amide bonds. The number of pyridine rings is 1. The number of halogens is 3. The van der Waals surface area contributed by atoms with Gasteiger partial charge in [-0.1, -0.05) is 0 Å². The van der Waals surface area contributed by atoms with E-state index in [1.54, 1.807) is 6.07 Å². The van der Waals surface area contributed by atoms with E-state index in [0.717, 1.165) is 12.3 Å². The topological polar surface area (TPSA) is 36.7 Å². The van der Waals surface area contributed by atoms with Crippen LogP contribution >= 0.6 is 0 Å². The largest absolute Gasteiger partial charge is 0.416 e. The second-order valence-electron chi connectivity index (χ2n) is 2.49. The molecule has 0 N–H and O–H groups in total. The Kier molecular flexibility index (Phi) is 2.24. The minimum absolute atomic E-state index is 0.0199. The molecule has 1 heterocycles. The van der Waals surface area contributed by atoms with Crippen LogP contribution in [0, 0.1) is 18.3 Å². The van der Waals surface area contributed by atoms with Crippen LogP contribution in [0.4, 0.5) is 13.2 Å². The van der Waals surface area contributed by atoms with Crippen molar-refractivity contribution in [1.29, 1.82) is 5.26 Å². The summed E-state index contributed by atoms with van der Waals surface area (Å²) in [6, 6.07) is 2.30. The lowest BCUT2D eigenvalue weighted by molar-refractivity contribution is -0.138. The monoisotopic (exact) mass is 186 g/mol. The van der Waals surface area contributed by atoms with Gasteiger partial charge in [0.15, 0.2) is 0 Å². The summed E-state index contributed by atoms with van der Waals surface area (Å²) in [5.41, 5.74) is -1.01. The van der Waals surface area contributed by atoms with Crippen molar-refractivity contribution in [2.45, 2.75) is 13.1 Å². The van der Waals surface area contributed by atoms with Gasteiger partial charge in [-0.25, -0.2) is 4.98 Å². The van der Waals surface area contributed by atoms with E-state index in [1.165, 1.54) is 6.92 Å². The predicted molar refractivity (Wildman–Crippen MR) is 38.7 cm³/mol. The van der Waals surface area contributed by atoms with Crippen LogP contribution in [0.15, 0.2) is 12.3 Å². The second kappa shape index (κ2) is 3.05. The summed E-state index contributed by atoms with van der Waals surface area (Å²) in [7, 11) is 0. The average Bonchev–Trinajstić information content (AvgIpc) is 2.03. The van der Waals surface area contributed by atoms with Crippen molar-refractivity contribution in [3.05, 3.63) is 29.1 Å². The van der Waals surface area contributed by atoms with Crippen LogP contribution in [0.2, 0.25) is 0 Å². The molecule has 0 aliphatic heterocycles. The van der Waals surface area contributed by atoms with E-state index in [-0.39, 0.29) is 11.3 Å². The number of nitrogens with zero attached hydrogens (tertiary/aromatic N) is 2. The molecule has 0 radical (unpaired) electrons. The molecule has 0 saturated heterocycles. The van der Waals surface area contributed by atoms with Crippen LogP contribution in [0.3, 0.4) is 0 Å². The van der Waals surface area contributed by atoms with Crippen molar-refractivity contribution in [3.63, 3.8) is 0 Å². The fraction of sp³-hybridized carbons (Fsp3) is 0.250. The van der Waals surface area contributed by atoms with Gasteiger partial charge in [0.2, 0.25) is 0 Å². The molecule has 1 aromatic rings. The summed E-state index contributed by atoms with van der Waals surface area (Å²) in [6.07, 6.45) is -3.38. The Balaban J connectivity index is 3.29. The number of aryl methyl sites for hydroxylation is 1. The van der Waals surface area contributed by atoms with E-state index in [9.17, 15) is 13.2 Å². The summed E-state index contributed by atoms with van der Waals surface area (Å²) in [5, 5.41) is 8.34. The molecule has 13 heavy (non-hydrogen) atoms. The summed E-state index contributed by atoms with van der Waals surface area (Å²) in [6.45, 7) is 1.30. The van der Waals surface area contributed by atoms with Gasteiger partial charge in [0.25, 0.3) is 0 Å². The van der Waals surface area contributed by atoms with E-state index in [2.05, 4.69) is 4.98 Å². The predicted octanol–water partition coefficient (Wildman–Crippen LogP) is 2.28. The normalized spacial score (nSPS) is 11.0. The molecule has 0 spiro atoms. The molecule has 0 fully saturated rings. The highest BCUT2D eigenvalue weighted by Crippen LogP contribution is 2.31. The van der Waals surface area contributed by atoms with Gasteiger partial charge >= 0.3 is 6.18 Å². The van der Waals surface area contributed by atoms with E-state index in [4.69, 9.17) is 5.26 Å². The van der Waals surface area contributed by atoms with E-state index in [0.29, 0.717) is 0 Å². The zero-order chi connectivity index (χ0) is 10.1. The number of aromatic nitrogens is 1. The molecule has 0 bridgehead atoms. The summed E-state index contributed by atoms with van der Waals surface area (Å²) in [5.74, 6) is 0. The van der Waals surface area contributed by atoms with Crippen molar-refractivity contribution in [3.8, 4) is 6.07 Å². The molecule has 68 valence electrons. The van der Waals surface area contributed by atoms with Crippen molar-refractivity contribution in [2.24, 2.45) is 0 Å². The Hall–Kier alpha value is -1.57. The number of rotatable bonds is 0. The number of hydrogen-bond acceptors (Lipinski definition) is 2. The molecule has 0 aliphatic rings. The Morgan fingerprint density at radius 1 is 1.46 bits per heavy atom. The third kappa shape index (κ3) is 1.96. The summed E-state index contributed by atoms with van der Waals surface area (Å²) in [4.78, 5) is 3.51. The Bertz CT molecular complexity index is 363. The molecule has 0 saturated carbocycles. The van der Waals surface area contributed by atoms with Gasteiger partial charge in [0.1, 0.15) is 11.8 Å². The van der Waals surface area contributed by atoms with Crippen LogP contribution in [0.5, 0.6) is 0 Å². The lowest BCUT2D eigenvalue weighted by Crippen LogP contribution is -2.08. The average molecular weight is 186 g/mol. The maximum Gasteiger partial charge on any atom is 0.416 e. The SMILES string of the molecule is Cc1cnc(C#N)cc1C(F)(F)F. The molecule has 0 atom stereocenters. The van der Waals surface area contributed by atoms with Gasteiger partial charge in [-0.3, -0.25) is 0 Å². The highest BCUT2D eigenvalue weighted by molar-refractivity contribution is 5.32. The standard InChI is InChI=1S/C8H5F3N2/c1-5-4-13-6(3-12)2-7(5)8(9,10)11/h2,4H,1H3. The van der Waals surface area contributed by atoms with Crippen molar-refractivity contribution in [2.75, 3.05) is 0 Å². The molecule has 0 unspecified atom stereocenters. The van der Waals surface area contributed by atoms with Crippen LogP contribution in [0.25, 0.3) is 0 Å². The van der Waals surface area contributed by atoms with Gasteiger partial charge in [-0.15, -0.1) is 0 Å². The van der Waals surface area contributed by atoms with E-state index in [1.807, 2.05) is 0 Å². The van der Waals surface area contributed by atoms with Gasteiger partial charge in [-0.2, -0.15) is 18.4 Å². The van der Waals surface area contributed by atoms with Crippen LogP contribution in [-0.4, -0.2) is 4.98 Å². The fourth-order valence-corrected chi connectivity index (χ4v) is 0.890. The first-order valence-electron chi connectivity index (χ1n) is 3.39. The molecule has 1 aromatic heterocycles. The first-order chi connectivity index (χ1) is 5.95. The Morgan fingerprint density at radius 2 is 2.08 bits per heavy atom. The molecule has 2 nitrogen and oxygen atoms in total. The highest BCUT2D eigenvalue weighted by Gasteiger charge is 2.32. The Morgan fingerprint density at radius 3 is 2.54 bits per heavy atom. The maximum atomic E-state index is 12.2. The first-order valence-corrected chi connectivity index (χ1v) is 3.39. The molecule has 1 rings (SSSR count). The van der Waals surface area contributed by atoms with Gasteiger partial charge in [-0.05, 0) is 18.6 Å². The zero-order valence-electron chi connectivity index (χ0n) is 6.68. The summed E-state index contributed by atoms with van der Waals surface area (Å²) < 4.78 is 36.7. The third-order valence-electron chi connectivity index (χ3n) is 1.52. The lowest BCUT2D eigenvalue weighted by Gasteiger charge is -2.08. The van der Waals surface area contributed by atoms with Crippen LogP contribution < -0.4 is 0 Å². The second-order valence-corrected chi connectivity index (χ2v) is 2.49. The lowest BCUT2D eigenvalue weighted by atomic mass is 10.1. The number of nitriles is 1. The minimum Gasteiger partial charge on any atom is -0.245 e. The molecule has 0 aliphatic carbocycles. The van der Waals surface area contributed by atoms with Gasteiger partial charge in [0, 0.05) is 6.20 Å². The zero-order valence-corrected chi connectivity index (χ0v) is 6.68. The summed E-state index contributed by atoms with van der Waals surface area (Å²) >= 11 is 0. The van der Waals surface area contributed by atoms with E-state index >= 15 is 0 Å².